The van der Waals surface area contributed by atoms with Crippen molar-refractivity contribution in [3.05, 3.63) is 29.8 Å². The van der Waals surface area contributed by atoms with Crippen molar-refractivity contribution in [1.82, 2.24) is 5.32 Å². The van der Waals surface area contributed by atoms with Gasteiger partial charge >= 0.3 is 0 Å². The summed E-state index contributed by atoms with van der Waals surface area (Å²) in [7, 11) is 1.68. The molecule has 1 fully saturated rings. The van der Waals surface area contributed by atoms with E-state index in [1.54, 1.807) is 7.11 Å². The van der Waals surface area contributed by atoms with Gasteiger partial charge in [-0.25, -0.2) is 0 Å². The van der Waals surface area contributed by atoms with Crippen LogP contribution in [0.15, 0.2) is 24.3 Å². The summed E-state index contributed by atoms with van der Waals surface area (Å²) in [6.45, 7) is 3.86. The molecule has 82 valence electrons. The van der Waals surface area contributed by atoms with Gasteiger partial charge in [-0.2, -0.15) is 0 Å². The zero-order valence-electron chi connectivity index (χ0n) is 9.19. The van der Waals surface area contributed by atoms with Crippen LogP contribution in [-0.2, 0) is 4.74 Å². The average molecular weight is 207 g/mol. The van der Waals surface area contributed by atoms with Gasteiger partial charge in [0, 0.05) is 12.6 Å². The molecule has 3 heteroatoms. The molecule has 0 aromatic heterocycles. The Morgan fingerprint density at radius 1 is 1.33 bits per heavy atom. The number of rotatable bonds is 2. The predicted molar refractivity (Wildman–Crippen MR) is 59.2 cm³/mol. The van der Waals surface area contributed by atoms with Crippen LogP contribution in [0.1, 0.15) is 18.6 Å². The van der Waals surface area contributed by atoms with Crippen molar-refractivity contribution in [3.8, 4) is 5.75 Å². The quantitative estimate of drug-likeness (QED) is 0.801. The maximum absolute atomic E-state index is 5.75. The molecule has 1 saturated heterocycles. The summed E-state index contributed by atoms with van der Waals surface area (Å²) < 4.78 is 10.9. The lowest BCUT2D eigenvalue weighted by Crippen LogP contribution is -2.41. The lowest BCUT2D eigenvalue weighted by Gasteiger charge is -2.30. The monoisotopic (exact) mass is 207 g/mol. The van der Waals surface area contributed by atoms with Gasteiger partial charge in [0.1, 0.15) is 5.75 Å². The molecule has 0 saturated carbocycles. The molecule has 3 nitrogen and oxygen atoms in total. The summed E-state index contributed by atoms with van der Waals surface area (Å²) in [6.07, 6.45) is 0.157. The molecule has 2 rings (SSSR count). The van der Waals surface area contributed by atoms with Gasteiger partial charge in [0.25, 0.3) is 0 Å². The van der Waals surface area contributed by atoms with Crippen molar-refractivity contribution < 1.29 is 9.47 Å². The molecule has 1 aliphatic rings. The molecular formula is C12H17NO2. The molecule has 2 atom stereocenters. The van der Waals surface area contributed by atoms with Crippen LogP contribution in [0.2, 0.25) is 0 Å². The van der Waals surface area contributed by atoms with Gasteiger partial charge in [-0.05, 0) is 24.6 Å². The van der Waals surface area contributed by atoms with Crippen LogP contribution >= 0.6 is 0 Å². The number of ether oxygens (including phenoxy) is 2. The fourth-order valence-corrected chi connectivity index (χ4v) is 1.90. The van der Waals surface area contributed by atoms with E-state index >= 15 is 0 Å². The van der Waals surface area contributed by atoms with Gasteiger partial charge in [0.15, 0.2) is 0 Å². The molecule has 0 aliphatic carbocycles. The van der Waals surface area contributed by atoms with E-state index in [1.165, 1.54) is 5.56 Å². The zero-order valence-corrected chi connectivity index (χ0v) is 9.19. The Bertz CT molecular complexity index is 310. The largest absolute Gasteiger partial charge is 0.497 e. The molecule has 1 aromatic carbocycles. The van der Waals surface area contributed by atoms with E-state index in [0.717, 1.165) is 18.9 Å². The molecule has 1 aromatic rings. The maximum atomic E-state index is 5.75. The summed E-state index contributed by atoms with van der Waals surface area (Å²) in [5.41, 5.74) is 1.20. The Hall–Kier alpha value is -1.06. The Kier molecular flexibility index (Phi) is 3.23. The van der Waals surface area contributed by atoms with Crippen molar-refractivity contribution in [2.75, 3.05) is 20.3 Å². The van der Waals surface area contributed by atoms with Crippen LogP contribution < -0.4 is 10.1 Å². The second-order valence-electron chi connectivity index (χ2n) is 3.81. The first-order valence-corrected chi connectivity index (χ1v) is 5.30. The fraction of sp³-hybridized carbons (Fsp3) is 0.500. The highest BCUT2D eigenvalue weighted by Crippen LogP contribution is 2.25. The summed E-state index contributed by atoms with van der Waals surface area (Å²) in [4.78, 5) is 0. The van der Waals surface area contributed by atoms with Gasteiger partial charge in [-0.15, -0.1) is 0 Å². The molecule has 0 unspecified atom stereocenters. The van der Waals surface area contributed by atoms with Crippen LogP contribution in [0, 0.1) is 0 Å². The number of morpholine rings is 1. The van der Waals surface area contributed by atoms with E-state index in [0.29, 0.717) is 6.04 Å². The number of methoxy groups -OCH3 is 1. The first-order chi connectivity index (χ1) is 7.31. The third-order valence-corrected chi connectivity index (χ3v) is 2.76. The molecule has 0 bridgehead atoms. The lowest BCUT2D eigenvalue weighted by molar-refractivity contribution is -0.000243. The van der Waals surface area contributed by atoms with Crippen LogP contribution in [0.25, 0.3) is 0 Å². The Balaban J connectivity index is 2.13. The SMILES string of the molecule is COc1ccc([C@H]2OCCN[C@H]2C)cc1. The van der Waals surface area contributed by atoms with Crippen LogP contribution in [0.3, 0.4) is 0 Å². The lowest BCUT2D eigenvalue weighted by atomic mass is 10.0. The second-order valence-corrected chi connectivity index (χ2v) is 3.81. The molecule has 1 aliphatic heterocycles. The maximum Gasteiger partial charge on any atom is 0.118 e. The first-order valence-electron chi connectivity index (χ1n) is 5.30. The highest BCUT2D eigenvalue weighted by Gasteiger charge is 2.22. The van der Waals surface area contributed by atoms with Crippen molar-refractivity contribution in [2.24, 2.45) is 0 Å². The molecule has 0 radical (unpaired) electrons. The van der Waals surface area contributed by atoms with Gasteiger partial charge in [-0.3, -0.25) is 0 Å². The van der Waals surface area contributed by atoms with E-state index in [9.17, 15) is 0 Å². The van der Waals surface area contributed by atoms with Crippen molar-refractivity contribution in [1.29, 1.82) is 0 Å². The second kappa shape index (κ2) is 4.64. The highest BCUT2D eigenvalue weighted by molar-refractivity contribution is 5.29. The highest BCUT2D eigenvalue weighted by atomic mass is 16.5. The summed E-state index contributed by atoms with van der Waals surface area (Å²) >= 11 is 0. The van der Waals surface area contributed by atoms with Crippen molar-refractivity contribution in [3.63, 3.8) is 0 Å². The standard InChI is InChI=1S/C12H17NO2/c1-9-12(15-8-7-13-9)10-3-5-11(14-2)6-4-10/h3-6,9,12-13H,7-8H2,1-2H3/t9-,12-/m0/s1. The summed E-state index contributed by atoms with van der Waals surface area (Å²) in [6, 6.07) is 8.44. The van der Waals surface area contributed by atoms with Crippen LogP contribution in [-0.4, -0.2) is 26.3 Å². The van der Waals surface area contributed by atoms with E-state index in [4.69, 9.17) is 9.47 Å². The number of benzene rings is 1. The third-order valence-electron chi connectivity index (χ3n) is 2.76. The normalized spacial score (nSPS) is 26.3. The minimum absolute atomic E-state index is 0.157. The molecule has 1 N–H and O–H groups in total. The smallest absolute Gasteiger partial charge is 0.118 e. The molecule has 1 heterocycles. The number of hydrogen-bond acceptors (Lipinski definition) is 3. The van der Waals surface area contributed by atoms with Gasteiger partial charge in [0.2, 0.25) is 0 Å². The Morgan fingerprint density at radius 3 is 2.67 bits per heavy atom. The van der Waals surface area contributed by atoms with Gasteiger partial charge in [-0.1, -0.05) is 12.1 Å². The van der Waals surface area contributed by atoms with E-state index < -0.39 is 0 Å². The number of hydrogen-bond donors (Lipinski definition) is 1. The minimum atomic E-state index is 0.157. The average Bonchev–Trinajstić information content (AvgIpc) is 2.30. The third kappa shape index (κ3) is 2.30. The summed E-state index contributed by atoms with van der Waals surface area (Å²) in [5, 5.41) is 3.40. The Labute approximate surface area is 90.4 Å². The topological polar surface area (TPSA) is 30.5 Å². The number of nitrogens with one attached hydrogen (secondary N) is 1. The first kappa shape index (κ1) is 10.5. The molecular weight excluding hydrogens is 190 g/mol. The molecule has 0 amide bonds. The molecule has 0 spiro atoms. The van der Waals surface area contributed by atoms with Gasteiger partial charge in [0.05, 0.1) is 19.8 Å². The summed E-state index contributed by atoms with van der Waals surface area (Å²) in [5.74, 6) is 0.884. The van der Waals surface area contributed by atoms with E-state index in [2.05, 4.69) is 24.4 Å². The van der Waals surface area contributed by atoms with Gasteiger partial charge < -0.3 is 14.8 Å². The van der Waals surface area contributed by atoms with Crippen molar-refractivity contribution in [2.45, 2.75) is 19.1 Å². The Morgan fingerprint density at radius 2 is 2.07 bits per heavy atom. The predicted octanol–water partition coefficient (Wildman–Crippen LogP) is 1.74. The van der Waals surface area contributed by atoms with Crippen molar-refractivity contribution >= 4 is 0 Å². The van der Waals surface area contributed by atoms with Crippen LogP contribution in [0.5, 0.6) is 5.75 Å². The van der Waals surface area contributed by atoms with E-state index in [1.807, 2.05) is 12.1 Å². The minimum Gasteiger partial charge on any atom is -0.497 e. The molecule has 15 heavy (non-hydrogen) atoms. The van der Waals surface area contributed by atoms with Crippen LogP contribution in [0.4, 0.5) is 0 Å². The fourth-order valence-electron chi connectivity index (χ4n) is 1.90. The zero-order chi connectivity index (χ0) is 10.7. The van der Waals surface area contributed by atoms with E-state index in [-0.39, 0.29) is 6.10 Å².